The highest BCUT2D eigenvalue weighted by Gasteiger charge is 2.11. The van der Waals surface area contributed by atoms with E-state index in [9.17, 15) is 4.79 Å². The highest BCUT2D eigenvalue weighted by atomic mass is 35.5. The van der Waals surface area contributed by atoms with Crippen molar-refractivity contribution in [1.29, 1.82) is 0 Å². The first-order valence-corrected chi connectivity index (χ1v) is 5.26. The Morgan fingerprint density at radius 3 is 2.53 bits per heavy atom. The molecule has 0 aliphatic carbocycles. The molecular weight excluding hydrogens is 240 g/mol. The van der Waals surface area contributed by atoms with Gasteiger partial charge < -0.3 is 10.4 Å². The average molecular weight is 249 g/mol. The van der Waals surface area contributed by atoms with E-state index >= 15 is 0 Å². The molecule has 2 rings (SSSR count). The fourth-order valence-corrected chi connectivity index (χ4v) is 1.51. The molecule has 0 saturated carbocycles. The molecule has 0 radical (unpaired) electrons. The molecule has 0 bridgehead atoms. The highest BCUT2D eigenvalue weighted by molar-refractivity contribution is 6.29. The summed E-state index contributed by atoms with van der Waals surface area (Å²) in [5.74, 6) is -0.816. The summed E-state index contributed by atoms with van der Waals surface area (Å²) in [6, 6.07) is 12.0. The monoisotopic (exact) mass is 248 g/mol. The second-order valence-electron chi connectivity index (χ2n) is 3.33. The Balaban J connectivity index is 2.37. The van der Waals surface area contributed by atoms with E-state index in [4.69, 9.17) is 16.7 Å². The molecule has 0 saturated heterocycles. The summed E-state index contributed by atoms with van der Waals surface area (Å²) in [5, 5.41) is 12.2. The van der Waals surface area contributed by atoms with E-state index in [2.05, 4.69) is 10.3 Å². The van der Waals surface area contributed by atoms with Crippen molar-refractivity contribution in [1.82, 2.24) is 4.98 Å². The number of carbonyl (C=O) groups is 1. The second-order valence-corrected chi connectivity index (χ2v) is 3.71. The molecule has 2 aromatic rings. The van der Waals surface area contributed by atoms with Gasteiger partial charge in [0.15, 0.2) is 0 Å². The molecule has 0 aliphatic heterocycles. The van der Waals surface area contributed by atoms with E-state index in [0.29, 0.717) is 0 Å². The van der Waals surface area contributed by atoms with Crippen LogP contribution in [0.3, 0.4) is 0 Å². The molecule has 5 heteroatoms. The van der Waals surface area contributed by atoms with Crippen LogP contribution >= 0.6 is 11.6 Å². The van der Waals surface area contributed by atoms with Crippen LogP contribution in [0.15, 0.2) is 42.5 Å². The van der Waals surface area contributed by atoms with E-state index in [-0.39, 0.29) is 16.5 Å². The van der Waals surface area contributed by atoms with Gasteiger partial charge in [-0.2, -0.15) is 0 Å². The van der Waals surface area contributed by atoms with Gasteiger partial charge in [0.1, 0.15) is 16.5 Å². The van der Waals surface area contributed by atoms with Gasteiger partial charge in [0.25, 0.3) is 0 Å². The van der Waals surface area contributed by atoms with Crippen LogP contribution in [0.4, 0.5) is 11.5 Å². The molecule has 0 fully saturated rings. The fourth-order valence-electron chi connectivity index (χ4n) is 1.36. The van der Waals surface area contributed by atoms with Crippen LogP contribution in [-0.4, -0.2) is 16.1 Å². The summed E-state index contributed by atoms with van der Waals surface area (Å²) < 4.78 is 0. The van der Waals surface area contributed by atoms with Crippen molar-refractivity contribution in [2.24, 2.45) is 0 Å². The second kappa shape index (κ2) is 4.84. The maximum absolute atomic E-state index is 11.0. The van der Waals surface area contributed by atoms with Crippen LogP contribution in [0.1, 0.15) is 10.4 Å². The number of nitrogens with zero attached hydrogens (tertiary/aromatic N) is 1. The molecular formula is C12H9ClN2O2. The fraction of sp³-hybridized carbons (Fsp3) is 0. The predicted octanol–water partition coefficient (Wildman–Crippen LogP) is 3.18. The molecule has 2 N–H and O–H groups in total. The number of benzene rings is 1. The third-order valence-corrected chi connectivity index (χ3v) is 2.34. The van der Waals surface area contributed by atoms with Gasteiger partial charge in [0, 0.05) is 5.69 Å². The topological polar surface area (TPSA) is 62.2 Å². The first-order chi connectivity index (χ1) is 8.16. The molecule has 0 atom stereocenters. The van der Waals surface area contributed by atoms with Crippen molar-refractivity contribution in [3.05, 3.63) is 53.2 Å². The van der Waals surface area contributed by atoms with Crippen LogP contribution in [0.5, 0.6) is 0 Å². The number of carboxylic acid groups (broad SMARTS) is 1. The minimum Gasteiger partial charge on any atom is -0.478 e. The predicted molar refractivity (Wildman–Crippen MR) is 65.9 cm³/mol. The molecule has 0 amide bonds. The third kappa shape index (κ3) is 2.73. The maximum atomic E-state index is 11.0. The number of carboxylic acids is 1. The van der Waals surface area contributed by atoms with Crippen LogP contribution in [0.25, 0.3) is 0 Å². The zero-order chi connectivity index (χ0) is 12.3. The standard InChI is InChI=1S/C12H9ClN2O2/c13-10-7-6-9(12(16)17)11(15-10)14-8-4-2-1-3-5-8/h1-7H,(H,14,15)(H,16,17). The molecule has 0 aliphatic rings. The SMILES string of the molecule is O=C(O)c1ccc(Cl)nc1Nc1ccccc1. The van der Waals surface area contributed by atoms with Crippen LogP contribution in [0, 0.1) is 0 Å². The van der Waals surface area contributed by atoms with Crippen LogP contribution in [0.2, 0.25) is 5.15 Å². The van der Waals surface area contributed by atoms with E-state index < -0.39 is 5.97 Å². The summed E-state index contributed by atoms with van der Waals surface area (Å²) >= 11 is 5.74. The van der Waals surface area contributed by atoms with Crippen molar-refractivity contribution in [2.45, 2.75) is 0 Å². The van der Waals surface area contributed by atoms with E-state index in [1.807, 2.05) is 30.3 Å². The minimum atomic E-state index is -1.05. The van der Waals surface area contributed by atoms with Crippen molar-refractivity contribution in [3.63, 3.8) is 0 Å². The number of rotatable bonds is 3. The lowest BCUT2D eigenvalue weighted by atomic mass is 10.2. The molecule has 1 aromatic heterocycles. The van der Waals surface area contributed by atoms with Gasteiger partial charge in [-0.05, 0) is 24.3 Å². The van der Waals surface area contributed by atoms with Gasteiger partial charge in [-0.3, -0.25) is 0 Å². The minimum absolute atomic E-state index is 0.0817. The Kier molecular flexibility index (Phi) is 3.25. The van der Waals surface area contributed by atoms with Gasteiger partial charge in [0.2, 0.25) is 0 Å². The Morgan fingerprint density at radius 1 is 1.18 bits per heavy atom. The number of halogens is 1. The molecule has 0 spiro atoms. The lowest BCUT2D eigenvalue weighted by Crippen LogP contribution is -2.04. The van der Waals surface area contributed by atoms with Crippen molar-refractivity contribution >= 4 is 29.1 Å². The van der Waals surface area contributed by atoms with E-state index in [1.54, 1.807) is 0 Å². The Labute approximate surface area is 103 Å². The van der Waals surface area contributed by atoms with Crippen molar-refractivity contribution < 1.29 is 9.90 Å². The molecule has 86 valence electrons. The summed E-state index contributed by atoms with van der Waals surface area (Å²) in [7, 11) is 0. The summed E-state index contributed by atoms with van der Waals surface area (Å²) in [4.78, 5) is 15.0. The quantitative estimate of drug-likeness (QED) is 0.819. The summed E-state index contributed by atoms with van der Waals surface area (Å²) in [5.41, 5.74) is 0.836. The number of pyridine rings is 1. The van der Waals surface area contributed by atoms with E-state index in [0.717, 1.165) is 5.69 Å². The first-order valence-electron chi connectivity index (χ1n) is 4.89. The number of anilines is 2. The van der Waals surface area contributed by atoms with Crippen LogP contribution in [-0.2, 0) is 0 Å². The van der Waals surface area contributed by atoms with Gasteiger partial charge in [-0.15, -0.1) is 0 Å². The molecule has 1 heterocycles. The molecule has 4 nitrogen and oxygen atoms in total. The maximum Gasteiger partial charge on any atom is 0.339 e. The summed E-state index contributed by atoms with van der Waals surface area (Å²) in [6.45, 7) is 0. The third-order valence-electron chi connectivity index (χ3n) is 2.13. The largest absolute Gasteiger partial charge is 0.478 e. The Bertz CT molecular complexity index is 543. The number of aromatic carboxylic acids is 1. The Morgan fingerprint density at radius 2 is 1.88 bits per heavy atom. The zero-order valence-corrected chi connectivity index (χ0v) is 9.48. The van der Waals surface area contributed by atoms with Gasteiger partial charge >= 0.3 is 5.97 Å². The average Bonchev–Trinajstić information content (AvgIpc) is 2.30. The molecule has 1 aromatic carbocycles. The smallest absolute Gasteiger partial charge is 0.339 e. The molecule has 17 heavy (non-hydrogen) atoms. The first kappa shape index (κ1) is 11.4. The highest BCUT2D eigenvalue weighted by Crippen LogP contribution is 2.20. The number of hydrogen-bond acceptors (Lipinski definition) is 3. The lowest BCUT2D eigenvalue weighted by Gasteiger charge is -2.08. The number of hydrogen-bond donors (Lipinski definition) is 2. The Hall–Kier alpha value is -2.07. The molecule has 0 unspecified atom stereocenters. The normalized spacial score (nSPS) is 9.94. The number of nitrogens with one attached hydrogen (secondary N) is 1. The lowest BCUT2D eigenvalue weighted by molar-refractivity contribution is 0.0697. The van der Waals surface area contributed by atoms with Gasteiger partial charge in [0.05, 0.1) is 0 Å². The zero-order valence-electron chi connectivity index (χ0n) is 8.72. The number of para-hydroxylation sites is 1. The van der Waals surface area contributed by atoms with Gasteiger partial charge in [-0.1, -0.05) is 29.8 Å². The van der Waals surface area contributed by atoms with Crippen LogP contribution < -0.4 is 5.32 Å². The summed E-state index contributed by atoms with van der Waals surface area (Å²) in [6.07, 6.45) is 0. The number of aromatic nitrogens is 1. The van der Waals surface area contributed by atoms with Gasteiger partial charge in [-0.25, -0.2) is 9.78 Å². The van der Waals surface area contributed by atoms with Crippen molar-refractivity contribution in [3.8, 4) is 0 Å². The van der Waals surface area contributed by atoms with E-state index in [1.165, 1.54) is 12.1 Å². The van der Waals surface area contributed by atoms with Crippen molar-refractivity contribution in [2.75, 3.05) is 5.32 Å².